The number of rotatable bonds is 0. The molecular weight excluding hydrogens is 488 g/mol. The Morgan fingerprint density at radius 1 is 0.400 bits per heavy atom. The summed E-state index contributed by atoms with van der Waals surface area (Å²) >= 11 is 0. The average molecular weight is 509 g/mol. The topological polar surface area (TPSA) is 34.6 Å². The molecule has 6 aromatic carbocycles. The highest BCUT2D eigenvalue weighted by atomic mass is 15.0. The van der Waals surface area contributed by atoms with Crippen LogP contribution in [0.15, 0.2) is 121 Å². The Kier molecular flexibility index (Phi) is 3.65. The molecule has 40 heavy (non-hydrogen) atoms. The third kappa shape index (κ3) is 2.38. The molecule has 0 aliphatic carbocycles. The SMILES string of the molecule is c1ccc2c(c1)ccc1c2c2ccc3c4ccccc4n4c5ccccc5c5nc6ccccc6nc5n1c2c34. The van der Waals surface area contributed by atoms with Gasteiger partial charge in [-0.25, -0.2) is 9.97 Å². The normalized spacial score (nSPS) is 12.5. The highest BCUT2D eigenvalue weighted by molar-refractivity contribution is 6.29. The molecule has 0 N–H and O–H groups in total. The smallest absolute Gasteiger partial charge is 0.165 e. The Bertz CT molecular complexity index is 2710. The minimum Gasteiger partial charge on any atom is -0.306 e. The lowest BCUT2D eigenvalue weighted by Gasteiger charge is -2.10. The largest absolute Gasteiger partial charge is 0.306 e. The van der Waals surface area contributed by atoms with Gasteiger partial charge in [0, 0.05) is 26.9 Å². The molecule has 0 saturated heterocycles. The van der Waals surface area contributed by atoms with Gasteiger partial charge in [-0.15, -0.1) is 0 Å². The van der Waals surface area contributed by atoms with Crippen molar-refractivity contribution >= 4 is 87.5 Å². The van der Waals surface area contributed by atoms with Crippen molar-refractivity contribution in [2.24, 2.45) is 0 Å². The second-order valence-electron chi connectivity index (χ2n) is 10.6. The highest BCUT2D eigenvalue weighted by Crippen LogP contribution is 2.42. The van der Waals surface area contributed by atoms with Crippen molar-refractivity contribution in [2.45, 2.75) is 0 Å². The fourth-order valence-electron chi connectivity index (χ4n) is 6.98. The van der Waals surface area contributed by atoms with Crippen LogP contribution in [0.3, 0.4) is 0 Å². The summed E-state index contributed by atoms with van der Waals surface area (Å²) in [5.41, 5.74) is 9.36. The molecule has 0 aliphatic heterocycles. The minimum absolute atomic E-state index is 0.866. The van der Waals surface area contributed by atoms with Gasteiger partial charge in [0.1, 0.15) is 5.52 Å². The predicted molar refractivity (Wildman–Crippen MR) is 166 cm³/mol. The van der Waals surface area contributed by atoms with Crippen molar-refractivity contribution in [3.8, 4) is 0 Å². The first-order valence-corrected chi connectivity index (χ1v) is 13.6. The maximum atomic E-state index is 5.35. The molecule has 0 bridgehead atoms. The van der Waals surface area contributed by atoms with E-state index >= 15 is 0 Å². The summed E-state index contributed by atoms with van der Waals surface area (Å²) in [6.07, 6.45) is 0. The van der Waals surface area contributed by atoms with Crippen molar-refractivity contribution in [3.63, 3.8) is 0 Å². The summed E-state index contributed by atoms with van der Waals surface area (Å²) in [7, 11) is 0. The van der Waals surface area contributed by atoms with Crippen LogP contribution in [0.4, 0.5) is 0 Å². The molecule has 4 heteroatoms. The van der Waals surface area contributed by atoms with Crippen LogP contribution in [0.5, 0.6) is 0 Å². The van der Waals surface area contributed by atoms with Gasteiger partial charge in [-0.3, -0.25) is 4.40 Å². The maximum Gasteiger partial charge on any atom is 0.165 e. The van der Waals surface area contributed by atoms with Crippen molar-refractivity contribution in [3.05, 3.63) is 121 Å². The predicted octanol–water partition coefficient (Wildman–Crippen LogP) is 9.05. The van der Waals surface area contributed by atoms with E-state index in [1.807, 2.05) is 12.1 Å². The van der Waals surface area contributed by atoms with Crippen LogP contribution in [0.2, 0.25) is 0 Å². The highest BCUT2D eigenvalue weighted by Gasteiger charge is 2.22. The third-order valence-corrected chi connectivity index (χ3v) is 8.61. The van der Waals surface area contributed by atoms with Gasteiger partial charge in [0.05, 0.1) is 38.6 Å². The average Bonchev–Trinajstić information content (AvgIpc) is 3.53. The summed E-state index contributed by atoms with van der Waals surface area (Å²) in [5.74, 6) is 0. The monoisotopic (exact) mass is 508 g/mol. The molecule has 10 rings (SSSR count). The lowest BCUT2D eigenvalue weighted by atomic mass is 10.0. The van der Waals surface area contributed by atoms with Crippen LogP contribution in [0.25, 0.3) is 87.5 Å². The van der Waals surface area contributed by atoms with E-state index in [0.29, 0.717) is 0 Å². The minimum atomic E-state index is 0.866. The molecule has 0 aliphatic rings. The van der Waals surface area contributed by atoms with Crippen molar-refractivity contribution in [1.82, 2.24) is 18.8 Å². The summed E-state index contributed by atoms with van der Waals surface area (Å²) in [6, 6.07) is 43.3. The Morgan fingerprint density at radius 3 is 1.88 bits per heavy atom. The van der Waals surface area contributed by atoms with E-state index in [1.165, 1.54) is 48.9 Å². The van der Waals surface area contributed by atoms with Gasteiger partial charge < -0.3 is 4.40 Å². The van der Waals surface area contributed by atoms with Crippen LogP contribution >= 0.6 is 0 Å². The summed E-state index contributed by atoms with van der Waals surface area (Å²) < 4.78 is 4.82. The van der Waals surface area contributed by atoms with Crippen LogP contribution < -0.4 is 0 Å². The molecule has 4 aromatic heterocycles. The zero-order valence-electron chi connectivity index (χ0n) is 21.3. The molecular formula is C36H20N4. The first-order valence-electron chi connectivity index (χ1n) is 13.6. The van der Waals surface area contributed by atoms with Gasteiger partial charge in [0.25, 0.3) is 0 Å². The van der Waals surface area contributed by atoms with Gasteiger partial charge in [-0.1, -0.05) is 91.0 Å². The Labute approximate surface area is 227 Å². The molecule has 0 radical (unpaired) electrons. The van der Waals surface area contributed by atoms with Crippen molar-refractivity contribution in [2.75, 3.05) is 0 Å². The third-order valence-electron chi connectivity index (χ3n) is 8.61. The van der Waals surface area contributed by atoms with Gasteiger partial charge in [0.2, 0.25) is 0 Å². The Hall–Kier alpha value is -5.48. The summed E-state index contributed by atoms with van der Waals surface area (Å²) in [4.78, 5) is 10.6. The quantitative estimate of drug-likeness (QED) is 0.205. The standard InChI is InChI=1S/C36H20N4/c1-2-10-22-21(9-1)17-20-31-32(22)26-19-18-24-23-11-3-7-15-29(23)39-30-16-8-4-12-25(30)33-36(40(31)35(26)34(24)39)38-28-14-6-5-13-27(28)37-33/h1-20H. The van der Waals surface area contributed by atoms with E-state index in [4.69, 9.17) is 9.97 Å². The number of fused-ring (bicyclic) bond motifs is 14. The van der Waals surface area contributed by atoms with E-state index in [-0.39, 0.29) is 0 Å². The molecule has 0 saturated carbocycles. The van der Waals surface area contributed by atoms with Gasteiger partial charge in [-0.05, 0) is 41.1 Å². The molecule has 0 spiro atoms. The lowest BCUT2D eigenvalue weighted by molar-refractivity contribution is 1.24. The van der Waals surface area contributed by atoms with E-state index in [2.05, 4.69) is 118 Å². The first-order chi connectivity index (χ1) is 19.9. The molecule has 0 amide bonds. The zero-order chi connectivity index (χ0) is 25.9. The van der Waals surface area contributed by atoms with E-state index in [1.54, 1.807) is 0 Å². The molecule has 184 valence electrons. The number of nitrogens with zero attached hydrogens (tertiary/aromatic N) is 4. The fraction of sp³-hybridized carbons (Fsp3) is 0. The van der Waals surface area contributed by atoms with Crippen molar-refractivity contribution in [1.29, 1.82) is 0 Å². The van der Waals surface area contributed by atoms with Crippen LogP contribution in [0, 0.1) is 0 Å². The molecule has 4 heterocycles. The molecule has 0 unspecified atom stereocenters. The van der Waals surface area contributed by atoms with Crippen LogP contribution in [0.1, 0.15) is 0 Å². The number of hydrogen-bond acceptors (Lipinski definition) is 2. The Balaban J connectivity index is 1.69. The molecule has 0 atom stereocenters. The van der Waals surface area contributed by atoms with E-state index < -0.39 is 0 Å². The second kappa shape index (κ2) is 7.13. The van der Waals surface area contributed by atoms with Gasteiger partial charge >= 0.3 is 0 Å². The molecule has 10 aromatic rings. The number of hydrogen-bond donors (Lipinski definition) is 0. The number of para-hydroxylation sites is 4. The van der Waals surface area contributed by atoms with Gasteiger partial charge in [-0.2, -0.15) is 0 Å². The van der Waals surface area contributed by atoms with E-state index in [0.717, 1.165) is 38.6 Å². The Morgan fingerprint density at radius 2 is 1.02 bits per heavy atom. The first kappa shape index (κ1) is 20.5. The lowest BCUT2D eigenvalue weighted by Crippen LogP contribution is -1.98. The molecule has 4 nitrogen and oxygen atoms in total. The fourth-order valence-corrected chi connectivity index (χ4v) is 6.98. The number of benzene rings is 6. The second-order valence-corrected chi connectivity index (χ2v) is 10.6. The van der Waals surface area contributed by atoms with Crippen LogP contribution in [-0.2, 0) is 0 Å². The maximum absolute atomic E-state index is 5.35. The van der Waals surface area contributed by atoms with Crippen molar-refractivity contribution < 1.29 is 0 Å². The zero-order valence-corrected chi connectivity index (χ0v) is 21.3. The molecule has 0 fully saturated rings. The number of aromatic nitrogens is 4. The van der Waals surface area contributed by atoms with Gasteiger partial charge in [0.15, 0.2) is 5.65 Å². The van der Waals surface area contributed by atoms with Crippen LogP contribution in [-0.4, -0.2) is 18.8 Å². The summed E-state index contributed by atoms with van der Waals surface area (Å²) in [6.45, 7) is 0. The van der Waals surface area contributed by atoms with E-state index in [9.17, 15) is 0 Å². The summed E-state index contributed by atoms with van der Waals surface area (Å²) in [5, 5.41) is 8.51.